The molecule has 16 heavy (non-hydrogen) atoms. The van der Waals surface area contributed by atoms with Gasteiger partial charge in [0.2, 0.25) is 10.0 Å². The van der Waals surface area contributed by atoms with Crippen LogP contribution >= 0.6 is 0 Å². The van der Waals surface area contributed by atoms with E-state index in [0.29, 0.717) is 11.3 Å². The maximum atomic E-state index is 11.3. The summed E-state index contributed by atoms with van der Waals surface area (Å²) in [6, 6.07) is 4.09. The van der Waals surface area contributed by atoms with Gasteiger partial charge in [-0.2, -0.15) is 0 Å². The molecule has 0 saturated heterocycles. The minimum Gasteiger partial charge on any atom is -0.284 e. The van der Waals surface area contributed by atoms with Crippen molar-refractivity contribution >= 4 is 21.4 Å². The third kappa shape index (κ3) is 2.93. The van der Waals surface area contributed by atoms with Crippen molar-refractivity contribution in [3.05, 3.63) is 33.9 Å². The SMILES string of the molecule is CCS(=O)(=O)Nc1ccc([N+](=O)[O-])c(C)c1. The molecule has 88 valence electrons. The van der Waals surface area contributed by atoms with Crippen LogP contribution in [0.15, 0.2) is 18.2 Å². The molecule has 0 atom stereocenters. The Hall–Kier alpha value is -1.63. The molecule has 0 aliphatic carbocycles. The number of sulfonamides is 1. The van der Waals surface area contributed by atoms with Crippen LogP contribution in [0.2, 0.25) is 0 Å². The zero-order valence-electron chi connectivity index (χ0n) is 8.93. The highest BCUT2D eigenvalue weighted by atomic mass is 32.2. The summed E-state index contributed by atoms with van der Waals surface area (Å²) in [7, 11) is -3.34. The molecule has 0 bridgehead atoms. The van der Waals surface area contributed by atoms with Crippen molar-refractivity contribution < 1.29 is 13.3 Å². The minimum atomic E-state index is -3.34. The normalized spacial score (nSPS) is 11.1. The highest BCUT2D eigenvalue weighted by molar-refractivity contribution is 7.92. The predicted octanol–water partition coefficient (Wildman–Crippen LogP) is 1.66. The van der Waals surface area contributed by atoms with Gasteiger partial charge in [-0.05, 0) is 26.0 Å². The molecule has 7 heteroatoms. The second-order valence-corrected chi connectivity index (χ2v) is 5.27. The first-order valence-corrected chi connectivity index (χ1v) is 6.26. The Morgan fingerprint density at radius 1 is 1.44 bits per heavy atom. The average Bonchev–Trinajstić information content (AvgIpc) is 2.16. The Morgan fingerprint density at radius 3 is 2.50 bits per heavy atom. The monoisotopic (exact) mass is 244 g/mol. The standard InChI is InChI=1S/C9H12N2O4S/c1-3-16(14,15)10-8-4-5-9(11(12)13)7(2)6-8/h4-6,10H,3H2,1-2H3. The van der Waals surface area contributed by atoms with Crippen molar-refractivity contribution in [2.75, 3.05) is 10.5 Å². The molecule has 6 nitrogen and oxygen atoms in total. The van der Waals surface area contributed by atoms with Gasteiger partial charge in [0.15, 0.2) is 0 Å². The summed E-state index contributed by atoms with van der Waals surface area (Å²) in [5, 5.41) is 10.5. The van der Waals surface area contributed by atoms with Gasteiger partial charge in [0.05, 0.1) is 10.7 Å². The van der Waals surface area contributed by atoms with E-state index in [0.717, 1.165) is 0 Å². The van der Waals surface area contributed by atoms with Crippen LogP contribution in [0.3, 0.4) is 0 Å². The number of hydrogen-bond acceptors (Lipinski definition) is 4. The lowest BCUT2D eigenvalue weighted by Crippen LogP contribution is -2.14. The van der Waals surface area contributed by atoms with Gasteiger partial charge < -0.3 is 0 Å². The topological polar surface area (TPSA) is 89.3 Å². The van der Waals surface area contributed by atoms with Crippen LogP contribution in [-0.4, -0.2) is 19.1 Å². The molecule has 0 aromatic heterocycles. The average molecular weight is 244 g/mol. The molecule has 1 aromatic rings. The molecule has 0 spiro atoms. The highest BCUT2D eigenvalue weighted by Gasteiger charge is 2.12. The van der Waals surface area contributed by atoms with Gasteiger partial charge in [0.25, 0.3) is 5.69 Å². The maximum absolute atomic E-state index is 11.3. The van der Waals surface area contributed by atoms with Crippen LogP contribution in [0.4, 0.5) is 11.4 Å². The van der Waals surface area contributed by atoms with E-state index in [2.05, 4.69) is 4.72 Å². The van der Waals surface area contributed by atoms with Gasteiger partial charge >= 0.3 is 0 Å². The fraction of sp³-hybridized carbons (Fsp3) is 0.333. The summed E-state index contributed by atoms with van der Waals surface area (Å²) >= 11 is 0. The molecule has 0 radical (unpaired) electrons. The summed E-state index contributed by atoms with van der Waals surface area (Å²) in [6.07, 6.45) is 0. The minimum absolute atomic E-state index is 0.0283. The first-order valence-electron chi connectivity index (χ1n) is 4.61. The molecule has 0 heterocycles. The van der Waals surface area contributed by atoms with Crippen molar-refractivity contribution in [2.24, 2.45) is 0 Å². The van der Waals surface area contributed by atoms with Crippen LogP contribution in [-0.2, 0) is 10.0 Å². The zero-order valence-corrected chi connectivity index (χ0v) is 9.74. The van der Waals surface area contributed by atoms with Gasteiger partial charge in [-0.3, -0.25) is 14.8 Å². The van der Waals surface area contributed by atoms with E-state index in [1.54, 1.807) is 6.92 Å². The summed E-state index contributed by atoms with van der Waals surface area (Å²) in [5.41, 5.74) is 0.727. The predicted molar refractivity (Wildman–Crippen MR) is 60.9 cm³/mol. The number of nitrogens with one attached hydrogen (secondary N) is 1. The van der Waals surface area contributed by atoms with Gasteiger partial charge in [-0.25, -0.2) is 8.42 Å². The number of nitro benzene ring substituents is 1. The first kappa shape index (κ1) is 12.4. The van der Waals surface area contributed by atoms with Gasteiger partial charge in [-0.15, -0.1) is 0 Å². The van der Waals surface area contributed by atoms with E-state index in [1.165, 1.54) is 25.1 Å². The molecule has 0 aliphatic heterocycles. The van der Waals surface area contributed by atoms with Crippen molar-refractivity contribution in [2.45, 2.75) is 13.8 Å². The van der Waals surface area contributed by atoms with Crippen molar-refractivity contribution in [3.8, 4) is 0 Å². The number of benzene rings is 1. The molecule has 0 amide bonds. The van der Waals surface area contributed by atoms with Crippen LogP contribution < -0.4 is 4.72 Å². The molecule has 1 rings (SSSR count). The summed E-state index contributed by atoms with van der Waals surface area (Å²) in [4.78, 5) is 10.0. The number of nitro groups is 1. The lowest BCUT2D eigenvalue weighted by Gasteiger charge is -2.06. The molecule has 1 N–H and O–H groups in total. The largest absolute Gasteiger partial charge is 0.284 e. The summed E-state index contributed by atoms with van der Waals surface area (Å²) in [5.74, 6) is -0.0387. The quantitative estimate of drug-likeness (QED) is 0.644. The fourth-order valence-corrected chi connectivity index (χ4v) is 1.81. The van der Waals surface area contributed by atoms with Gasteiger partial charge in [0, 0.05) is 17.3 Å². The van der Waals surface area contributed by atoms with E-state index in [-0.39, 0.29) is 11.4 Å². The second-order valence-electron chi connectivity index (χ2n) is 3.26. The third-order valence-corrected chi connectivity index (χ3v) is 3.35. The molecule has 0 saturated carbocycles. The summed E-state index contributed by atoms with van der Waals surface area (Å²) < 4.78 is 24.8. The molecular formula is C9H12N2O4S. The molecular weight excluding hydrogens is 232 g/mol. The van der Waals surface area contributed by atoms with Gasteiger partial charge in [0.1, 0.15) is 0 Å². The van der Waals surface area contributed by atoms with Crippen molar-refractivity contribution in [1.29, 1.82) is 0 Å². The lowest BCUT2D eigenvalue weighted by atomic mass is 10.2. The highest BCUT2D eigenvalue weighted by Crippen LogP contribution is 2.22. The molecule has 0 unspecified atom stereocenters. The number of hydrogen-bond donors (Lipinski definition) is 1. The lowest BCUT2D eigenvalue weighted by molar-refractivity contribution is -0.385. The smallest absolute Gasteiger partial charge is 0.272 e. The Kier molecular flexibility index (Phi) is 3.48. The van der Waals surface area contributed by atoms with Crippen LogP contribution in [0, 0.1) is 17.0 Å². The van der Waals surface area contributed by atoms with Gasteiger partial charge in [-0.1, -0.05) is 0 Å². The van der Waals surface area contributed by atoms with E-state index in [9.17, 15) is 18.5 Å². The van der Waals surface area contributed by atoms with E-state index < -0.39 is 14.9 Å². The van der Waals surface area contributed by atoms with Crippen LogP contribution in [0.1, 0.15) is 12.5 Å². The number of rotatable bonds is 4. The Labute approximate surface area is 93.5 Å². The zero-order chi connectivity index (χ0) is 12.3. The number of nitrogens with zero attached hydrogens (tertiary/aromatic N) is 1. The van der Waals surface area contributed by atoms with E-state index >= 15 is 0 Å². The summed E-state index contributed by atoms with van der Waals surface area (Å²) in [6.45, 7) is 3.07. The Balaban J connectivity index is 3.03. The molecule has 0 fully saturated rings. The maximum Gasteiger partial charge on any atom is 0.272 e. The molecule has 0 aliphatic rings. The van der Waals surface area contributed by atoms with Crippen LogP contribution in [0.25, 0.3) is 0 Å². The van der Waals surface area contributed by atoms with E-state index in [4.69, 9.17) is 0 Å². The third-order valence-electron chi connectivity index (χ3n) is 2.05. The fourth-order valence-electron chi connectivity index (χ4n) is 1.18. The molecule has 1 aromatic carbocycles. The van der Waals surface area contributed by atoms with E-state index in [1.807, 2.05) is 0 Å². The Morgan fingerprint density at radius 2 is 2.06 bits per heavy atom. The first-order chi connectivity index (χ1) is 7.35. The Bertz CT molecular complexity index is 510. The number of aryl methyl sites for hydroxylation is 1. The van der Waals surface area contributed by atoms with Crippen LogP contribution in [0.5, 0.6) is 0 Å². The van der Waals surface area contributed by atoms with Crippen molar-refractivity contribution in [3.63, 3.8) is 0 Å². The number of anilines is 1. The second kappa shape index (κ2) is 4.48. The van der Waals surface area contributed by atoms with Crippen molar-refractivity contribution in [1.82, 2.24) is 0 Å².